The Balaban J connectivity index is 1.59. The molecule has 4 rings (SSSR count). The molecule has 2 heterocycles. The van der Waals surface area contributed by atoms with Gasteiger partial charge in [0.15, 0.2) is 0 Å². The van der Waals surface area contributed by atoms with Gasteiger partial charge in [0.05, 0.1) is 0 Å². The van der Waals surface area contributed by atoms with E-state index < -0.39 is 0 Å². The van der Waals surface area contributed by atoms with Crippen molar-refractivity contribution in [2.75, 3.05) is 25.0 Å². The molecule has 26 heavy (non-hydrogen) atoms. The summed E-state index contributed by atoms with van der Waals surface area (Å²) in [5, 5.41) is 2.91. The SMILES string of the molecule is Cc1ccc2c(c1)[C@H]1CN(C)CC[C@H]1N2C(=O)NCc1ccccc1F. The van der Waals surface area contributed by atoms with Crippen LogP contribution in [0.5, 0.6) is 0 Å². The molecular formula is C21H24FN3O. The third-order valence-electron chi connectivity index (χ3n) is 5.56. The van der Waals surface area contributed by atoms with Crippen molar-refractivity contribution in [2.45, 2.75) is 31.8 Å². The van der Waals surface area contributed by atoms with Crippen LogP contribution in [-0.2, 0) is 6.54 Å². The number of urea groups is 1. The maximum Gasteiger partial charge on any atom is 0.322 e. The van der Waals surface area contributed by atoms with E-state index in [1.54, 1.807) is 18.2 Å². The van der Waals surface area contributed by atoms with Crippen molar-refractivity contribution in [3.63, 3.8) is 0 Å². The van der Waals surface area contributed by atoms with Gasteiger partial charge in [0.25, 0.3) is 0 Å². The van der Waals surface area contributed by atoms with Crippen molar-refractivity contribution >= 4 is 11.7 Å². The summed E-state index contributed by atoms with van der Waals surface area (Å²) < 4.78 is 13.8. The molecule has 2 amide bonds. The van der Waals surface area contributed by atoms with E-state index in [0.717, 1.165) is 25.2 Å². The highest BCUT2D eigenvalue weighted by molar-refractivity contribution is 5.95. The molecule has 0 bridgehead atoms. The van der Waals surface area contributed by atoms with Crippen LogP contribution in [0.2, 0.25) is 0 Å². The number of nitrogens with one attached hydrogen (secondary N) is 1. The summed E-state index contributed by atoms with van der Waals surface area (Å²) in [6.45, 7) is 4.21. The standard InChI is InChI=1S/C21H24FN3O/c1-14-7-8-19-16(11-14)17-13-24(2)10-9-20(17)25(19)21(26)23-12-15-5-3-4-6-18(15)22/h3-8,11,17,20H,9-10,12-13H2,1-2H3,(H,23,26)/t17-,20-/m1/s1. The zero-order valence-electron chi connectivity index (χ0n) is 15.2. The summed E-state index contributed by atoms with van der Waals surface area (Å²) in [5.41, 5.74) is 3.96. The van der Waals surface area contributed by atoms with Crippen LogP contribution < -0.4 is 10.2 Å². The number of carbonyl (C=O) groups excluding carboxylic acids is 1. The number of benzene rings is 2. The molecule has 136 valence electrons. The maximum absolute atomic E-state index is 13.8. The van der Waals surface area contributed by atoms with E-state index in [-0.39, 0.29) is 24.4 Å². The molecule has 0 radical (unpaired) electrons. The van der Waals surface area contributed by atoms with Gasteiger partial charge in [-0.15, -0.1) is 0 Å². The molecule has 2 atom stereocenters. The maximum atomic E-state index is 13.8. The quantitative estimate of drug-likeness (QED) is 0.894. The first-order valence-corrected chi connectivity index (χ1v) is 9.14. The molecule has 0 spiro atoms. The molecule has 0 unspecified atom stereocenters. The number of hydrogen-bond acceptors (Lipinski definition) is 2. The third-order valence-corrected chi connectivity index (χ3v) is 5.56. The molecule has 0 aromatic heterocycles. The number of likely N-dealkylation sites (N-methyl/N-ethyl adjacent to an activating group) is 1. The van der Waals surface area contributed by atoms with E-state index in [1.807, 2.05) is 11.0 Å². The Kier molecular flexibility index (Phi) is 4.41. The van der Waals surface area contributed by atoms with Crippen molar-refractivity contribution in [1.29, 1.82) is 0 Å². The molecule has 0 saturated carbocycles. The number of piperidine rings is 1. The fourth-order valence-corrected chi connectivity index (χ4v) is 4.24. The summed E-state index contributed by atoms with van der Waals surface area (Å²) in [5.74, 6) is 0.0466. The van der Waals surface area contributed by atoms with Crippen LogP contribution >= 0.6 is 0 Å². The Labute approximate surface area is 153 Å². The van der Waals surface area contributed by atoms with Gasteiger partial charge in [-0.05, 0) is 44.6 Å². The van der Waals surface area contributed by atoms with Crippen molar-refractivity contribution in [3.8, 4) is 0 Å². The van der Waals surface area contributed by atoms with E-state index in [4.69, 9.17) is 0 Å². The van der Waals surface area contributed by atoms with Gasteiger partial charge < -0.3 is 10.2 Å². The summed E-state index contributed by atoms with van der Waals surface area (Å²) in [6, 6.07) is 12.9. The topological polar surface area (TPSA) is 35.6 Å². The van der Waals surface area contributed by atoms with Gasteiger partial charge in [0.2, 0.25) is 0 Å². The zero-order chi connectivity index (χ0) is 18.3. The minimum absolute atomic E-state index is 0.143. The molecule has 5 heteroatoms. The fraction of sp³-hybridized carbons (Fsp3) is 0.381. The van der Waals surface area contributed by atoms with E-state index in [0.29, 0.717) is 11.5 Å². The predicted molar refractivity (Wildman–Crippen MR) is 101 cm³/mol. The number of anilines is 1. The number of amides is 2. The van der Waals surface area contributed by atoms with Crippen LogP contribution in [-0.4, -0.2) is 37.1 Å². The lowest BCUT2D eigenvalue weighted by atomic mass is 9.89. The number of halogens is 1. The third kappa shape index (κ3) is 2.97. The number of nitrogens with zero attached hydrogens (tertiary/aromatic N) is 2. The fourth-order valence-electron chi connectivity index (χ4n) is 4.24. The molecule has 2 aromatic rings. The highest BCUT2D eigenvalue weighted by Crippen LogP contribution is 2.44. The molecule has 4 nitrogen and oxygen atoms in total. The monoisotopic (exact) mass is 353 g/mol. The molecule has 0 aliphatic carbocycles. The molecule has 2 aliphatic rings. The van der Waals surface area contributed by atoms with Crippen LogP contribution in [0.4, 0.5) is 14.9 Å². The summed E-state index contributed by atoms with van der Waals surface area (Å²) in [6.07, 6.45) is 0.946. The van der Waals surface area contributed by atoms with Gasteiger partial charge in [0.1, 0.15) is 5.82 Å². The summed E-state index contributed by atoms with van der Waals surface area (Å²) in [4.78, 5) is 17.2. The lowest BCUT2D eigenvalue weighted by Crippen LogP contribution is -2.50. The second kappa shape index (κ2) is 6.72. The van der Waals surface area contributed by atoms with Crippen LogP contribution in [0.1, 0.15) is 29.0 Å². The second-order valence-electron chi connectivity index (χ2n) is 7.41. The molecule has 1 fully saturated rings. The zero-order valence-corrected chi connectivity index (χ0v) is 15.2. The van der Waals surface area contributed by atoms with Gasteiger partial charge in [-0.1, -0.05) is 35.9 Å². The van der Waals surface area contributed by atoms with Gasteiger partial charge in [0, 0.05) is 36.3 Å². The predicted octanol–water partition coefficient (Wildman–Crippen LogP) is 3.65. The summed E-state index contributed by atoms with van der Waals surface area (Å²) in [7, 11) is 2.13. The van der Waals surface area contributed by atoms with E-state index in [2.05, 4.69) is 36.3 Å². The number of fused-ring (bicyclic) bond motifs is 3. The highest BCUT2D eigenvalue weighted by atomic mass is 19.1. The van der Waals surface area contributed by atoms with Crippen LogP contribution in [0, 0.1) is 12.7 Å². The molecule has 1 N–H and O–H groups in total. The smallest absolute Gasteiger partial charge is 0.322 e. The van der Waals surface area contributed by atoms with Gasteiger partial charge in [-0.25, -0.2) is 9.18 Å². The van der Waals surface area contributed by atoms with Gasteiger partial charge in [-0.3, -0.25) is 4.90 Å². The van der Waals surface area contributed by atoms with E-state index in [1.165, 1.54) is 17.2 Å². The number of rotatable bonds is 2. The Morgan fingerprint density at radius 2 is 2.08 bits per heavy atom. The van der Waals surface area contributed by atoms with Gasteiger partial charge >= 0.3 is 6.03 Å². The minimum Gasteiger partial charge on any atom is -0.333 e. The molecular weight excluding hydrogens is 329 g/mol. The van der Waals surface area contributed by atoms with Crippen molar-refractivity contribution in [1.82, 2.24) is 10.2 Å². The Bertz CT molecular complexity index is 838. The second-order valence-corrected chi connectivity index (χ2v) is 7.41. The van der Waals surface area contributed by atoms with Crippen molar-refractivity contribution in [2.24, 2.45) is 0 Å². The number of hydrogen-bond donors (Lipinski definition) is 1. The van der Waals surface area contributed by atoms with Crippen molar-refractivity contribution in [3.05, 3.63) is 65.0 Å². The lowest BCUT2D eigenvalue weighted by molar-refractivity contribution is 0.219. The van der Waals surface area contributed by atoms with Crippen LogP contribution in [0.15, 0.2) is 42.5 Å². The van der Waals surface area contributed by atoms with Crippen LogP contribution in [0.3, 0.4) is 0 Å². The van der Waals surface area contributed by atoms with Gasteiger partial charge in [-0.2, -0.15) is 0 Å². The Morgan fingerprint density at radius 1 is 1.27 bits per heavy atom. The number of aryl methyl sites for hydroxylation is 1. The Hall–Kier alpha value is -2.40. The van der Waals surface area contributed by atoms with E-state index in [9.17, 15) is 9.18 Å². The van der Waals surface area contributed by atoms with Crippen molar-refractivity contribution < 1.29 is 9.18 Å². The highest BCUT2D eigenvalue weighted by Gasteiger charge is 2.43. The number of likely N-dealkylation sites (tertiary alicyclic amines) is 1. The van der Waals surface area contributed by atoms with Crippen LogP contribution in [0.25, 0.3) is 0 Å². The first kappa shape index (κ1) is 17.0. The molecule has 2 aliphatic heterocycles. The normalized spacial score (nSPS) is 22.0. The number of carbonyl (C=O) groups is 1. The first-order chi connectivity index (χ1) is 12.5. The first-order valence-electron chi connectivity index (χ1n) is 9.14. The largest absolute Gasteiger partial charge is 0.333 e. The molecule has 2 aromatic carbocycles. The molecule has 1 saturated heterocycles. The lowest BCUT2D eigenvalue weighted by Gasteiger charge is -2.36. The summed E-state index contributed by atoms with van der Waals surface area (Å²) >= 11 is 0. The minimum atomic E-state index is -0.289. The average molecular weight is 353 g/mol. The average Bonchev–Trinajstić information content (AvgIpc) is 2.94. The Morgan fingerprint density at radius 3 is 2.88 bits per heavy atom. The van der Waals surface area contributed by atoms with E-state index >= 15 is 0 Å².